The number of hydrogen-bond donors (Lipinski definition) is 3. The van der Waals surface area contributed by atoms with Crippen LogP contribution in [0.3, 0.4) is 0 Å². The van der Waals surface area contributed by atoms with Crippen molar-refractivity contribution < 1.29 is 9.90 Å². The van der Waals surface area contributed by atoms with E-state index in [1.54, 1.807) is 11.3 Å². The van der Waals surface area contributed by atoms with Gasteiger partial charge in [0.15, 0.2) is 0 Å². The van der Waals surface area contributed by atoms with Crippen molar-refractivity contribution in [2.75, 3.05) is 6.54 Å². The maximum Gasteiger partial charge on any atom is 0.267 e. The Hall–Kier alpha value is -1.66. The number of rotatable bonds is 4. The van der Waals surface area contributed by atoms with Gasteiger partial charge in [0.1, 0.15) is 5.69 Å². The summed E-state index contributed by atoms with van der Waals surface area (Å²) >= 11 is 1.59. The Kier molecular flexibility index (Phi) is 4.07. The number of amides is 1. The lowest BCUT2D eigenvalue weighted by atomic mass is 10.1. The molecular formula is C15H19N3O2S. The van der Waals surface area contributed by atoms with Crippen LogP contribution >= 0.6 is 11.3 Å². The first-order valence-electron chi connectivity index (χ1n) is 7.19. The smallest absolute Gasteiger partial charge is 0.267 e. The minimum atomic E-state index is -0.197. The second-order valence-corrected chi connectivity index (χ2v) is 6.66. The number of carbonyl (C=O) groups is 1. The van der Waals surface area contributed by atoms with Gasteiger partial charge < -0.3 is 15.4 Å². The third-order valence-corrected chi connectivity index (χ3v) is 4.68. The molecule has 0 spiro atoms. The zero-order chi connectivity index (χ0) is 14.8. The number of aryl methyl sites for hydroxylation is 1. The van der Waals surface area contributed by atoms with Gasteiger partial charge in [0.05, 0.1) is 16.8 Å². The summed E-state index contributed by atoms with van der Waals surface area (Å²) < 4.78 is 0. The zero-order valence-corrected chi connectivity index (χ0v) is 12.7. The van der Waals surface area contributed by atoms with E-state index >= 15 is 0 Å². The maximum atomic E-state index is 12.1. The van der Waals surface area contributed by atoms with Gasteiger partial charge in [-0.2, -0.15) is 0 Å². The average molecular weight is 305 g/mol. The fourth-order valence-electron chi connectivity index (χ4n) is 2.74. The van der Waals surface area contributed by atoms with Crippen LogP contribution in [-0.4, -0.2) is 33.6 Å². The van der Waals surface area contributed by atoms with Crippen molar-refractivity contribution in [1.82, 2.24) is 15.3 Å². The molecule has 2 aromatic rings. The molecule has 2 heterocycles. The highest BCUT2D eigenvalue weighted by Gasteiger charge is 2.23. The van der Waals surface area contributed by atoms with Crippen molar-refractivity contribution in [2.24, 2.45) is 5.92 Å². The summed E-state index contributed by atoms with van der Waals surface area (Å²) in [5, 5.41) is 15.4. The van der Waals surface area contributed by atoms with E-state index in [0.717, 1.165) is 35.5 Å². The lowest BCUT2D eigenvalue weighted by Crippen LogP contribution is -2.28. The lowest BCUT2D eigenvalue weighted by molar-refractivity contribution is 0.0940. The first-order valence-corrected chi connectivity index (χ1v) is 8.07. The van der Waals surface area contributed by atoms with E-state index < -0.39 is 0 Å². The summed E-state index contributed by atoms with van der Waals surface area (Å²) in [5.74, 6) is 0.286. The van der Waals surface area contributed by atoms with Gasteiger partial charge in [0, 0.05) is 23.7 Å². The summed E-state index contributed by atoms with van der Waals surface area (Å²) in [6.07, 6.45) is 4.22. The Morgan fingerprint density at radius 3 is 3.10 bits per heavy atom. The maximum absolute atomic E-state index is 12.1. The van der Waals surface area contributed by atoms with Crippen molar-refractivity contribution in [3.63, 3.8) is 0 Å². The standard InChI is InChI=1S/C15H19N3O2S/c1-9-18-14(8-21-9)11-5-13(16-7-11)15(20)17-6-10-2-3-12(19)4-10/h5,7-8,10,12,16,19H,2-4,6H2,1H3,(H,17,20). The average Bonchev–Trinajstić information content (AvgIpc) is 3.16. The van der Waals surface area contributed by atoms with E-state index in [1.807, 2.05) is 24.6 Å². The van der Waals surface area contributed by atoms with Crippen LogP contribution in [0.2, 0.25) is 0 Å². The van der Waals surface area contributed by atoms with Crippen molar-refractivity contribution in [1.29, 1.82) is 0 Å². The minimum absolute atomic E-state index is 0.102. The van der Waals surface area contributed by atoms with Crippen LogP contribution in [0.4, 0.5) is 0 Å². The molecule has 2 aromatic heterocycles. The van der Waals surface area contributed by atoms with Gasteiger partial charge in [0.25, 0.3) is 5.91 Å². The van der Waals surface area contributed by atoms with Crippen LogP contribution in [0.15, 0.2) is 17.6 Å². The zero-order valence-electron chi connectivity index (χ0n) is 11.9. The minimum Gasteiger partial charge on any atom is -0.393 e. The van der Waals surface area contributed by atoms with Crippen LogP contribution in [-0.2, 0) is 0 Å². The van der Waals surface area contributed by atoms with E-state index in [0.29, 0.717) is 18.2 Å². The summed E-state index contributed by atoms with van der Waals surface area (Å²) in [7, 11) is 0. The van der Waals surface area contributed by atoms with E-state index in [2.05, 4.69) is 15.3 Å². The van der Waals surface area contributed by atoms with Crippen LogP contribution in [0.25, 0.3) is 11.3 Å². The van der Waals surface area contributed by atoms with E-state index in [9.17, 15) is 9.90 Å². The van der Waals surface area contributed by atoms with Gasteiger partial charge in [-0.05, 0) is 38.2 Å². The largest absolute Gasteiger partial charge is 0.393 e. The Balaban J connectivity index is 1.59. The summed E-state index contributed by atoms with van der Waals surface area (Å²) in [6, 6.07) is 1.83. The van der Waals surface area contributed by atoms with Gasteiger partial charge in [-0.1, -0.05) is 0 Å². The second-order valence-electron chi connectivity index (χ2n) is 5.60. The first kappa shape index (κ1) is 14.3. The number of thiazole rings is 1. The first-order chi connectivity index (χ1) is 10.1. The molecule has 0 radical (unpaired) electrons. The molecule has 0 aliphatic heterocycles. The molecule has 2 unspecified atom stereocenters. The summed E-state index contributed by atoms with van der Waals surface area (Å²) in [6.45, 7) is 2.59. The molecular weight excluding hydrogens is 286 g/mol. The summed E-state index contributed by atoms with van der Waals surface area (Å²) in [4.78, 5) is 19.5. The molecule has 1 aliphatic carbocycles. The topological polar surface area (TPSA) is 78.0 Å². The molecule has 2 atom stereocenters. The van der Waals surface area contributed by atoms with Gasteiger partial charge in [-0.3, -0.25) is 4.79 Å². The van der Waals surface area contributed by atoms with Crippen molar-refractivity contribution >= 4 is 17.2 Å². The molecule has 1 saturated carbocycles. The molecule has 5 nitrogen and oxygen atoms in total. The molecule has 6 heteroatoms. The second kappa shape index (κ2) is 5.99. The Morgan fingerprint density at radius 2 is 2.43 bits per heavy atom. The SMILES string of the molecule is Cc1nc(-c2c[nH]c(C(=O)NCC3CCC(O)C3)c2)cs1. The monoisotopic (exact) mass is 305 g/mol. The molecule has 3 N–H and O–H groups in total. The Bertz CT molecular complexity index is 634. The molecule has 1 aliphatic rings. The number of nitrogens with zero attached hydrogens (tertiary/aromatic N) is 1. The number of aromatic amines is 1. The molecule has 112 valence electrons. The number of aliphatic hydroxyl groups is 1. The predicted molar refractivity (Wildman–Crippen MR) is 82.3 cm³/mol. The molecule has 1 fully saturated rings. The highest BCUT2D eigenvalue weighted by molar-refractivity contribution is 7.09. The molecule has 1 amide bonds. The number of carbonyl (C=O) groups excluding carboxylic acids is 1. The number of hydrogen-bond acceptors (Lipinski definition) is 4. The van der Waals surface area contributed by atoms with Gasteiger partial charge in [0.2, 0.25) is 0 Å². The van der Waals surface area contributed by atoms with E-state index in [-0.39, 0.29) is 12.0 Å². The van der Waals surface area contributed by atoms with Crippen LogP contribution in [0, 0.1) is 12.8 Å². The molecule has 3 rings (SSSR count). The molecule has 21 heavy (non-hydrogen) atoms. The predicted octanol–water partition coefficient (Wildman–Crippen LogP) is 2.34. The fourth-order valence-corrected chi connectivity index (χ4v) is 3.36. The fraction of sp³-hybridized carbons (Fsp3) is 0.467. The van der Waals surface area contributed by atoms with Crippen molar-refractivity contribution in [3.05, 3.63) is 28.3 Å². The van der Waals surface area contributed by atoms with Crippen LogP contribution in [0.5, 0.6) is 0 Å². The molecule has 0 aromatic carbocycles. The van der Waals surface area contributed by atoms with E-state index in [4.69, 9.17) is 0 Å². The van der Waals surface area contributed by atoms with Crippen molar-refractivity contribution in [3.8, 4) is 11.3 Å². The highest BCUT2D eigenvalue weighted by atomic mass is 32.1. The summed E-state index contributed by atoms with van der Waals surface area (Å²) in [5.41, 5.74) is 2.38. The lowest BCUT2D eigenvalue weighted by Gasteiger charge is -2.09. The van der Waals surface area contributed by atoms with Gasteiger partial charge >= 0.3 is 0 Å². The van der Waals surface area contributed by atoms with Gasteiger partial charge in [-0.25, -0.2) is 4.98 Å². The number of nitrogens with one attached hydrogen (secondary N) is 2. The number of aromatic nitrogens is 2. The third-order valence-electron chi connectivity index (χ3n) is 3.91. The van der Waals surface area contributed by atoms with E-state index in [1.165, 1.54) is 0 Å². The quantitative estimate of drug-likeness (QED) is 0.811. The van der Waals surface area contributed by atoms with Crippen LogP contribution < -0.4 is 5.32 Å². The molecule has 0 saturated heterocycles. The normalized spacial score (nSPS) is 21.6. The van der Waals surface area contributed by atoms with Gasteiger partial charge in [-0.15, -0.1) is 11.3 Å². The number of aliphatic hydroxyl groups excluding tert-OH is 1. The number of H-pyrrole nitrogens is 1. The Morgan fingerprint density at radius 1 is 1.57 bits per heavy atom. The van der Waals surface area contributed by atoms with Crippen LogP contribution in [0.1, 0.15) is 34.8 Å². The third kappa shape index (κ3) is 3.33. The highest BCUT2D eigenvalue weighted by Crippen LogP contribution is 2.25. The van der Waals surface area contributed by atoms with Crippen molar-refractivity contribution in [2.45, 2.75) is 32.3 Å². The molecule has 0 bridgehead atoms. The Labute approximate surface area is 127 Å².